The smallest absolute Gasteiger partial charge is 0.376 e. The molecule has 0 spiro atoms. The first-order valence-electron chi connectivity index (χ1n) is 5.80. The number of ketones is 1. The molecule has 0 saturated heterocycles. The number of carbonyl (C=O) groups is 2. The summed E-state index contributed by atoms with van der Waals surface area (Å²) in [7, 11) is 0. The van der Waals surface area contributed by atoms with E-state index in [0.717, 1.165) is 0 Å². The van der Waals surface area contributed by atoms with E-state index in [1.807, 2.05) is 0 Å². The van der Waals surface area contributed by atoms with Crippen LogP contribution in [0.2, 0.25) is 0 Å². The van der Waals surface area contributed by atoms with Crippen LogP contribution < -0.4 is 0 Å². The third-order valence-corrected chi connectivity index (χ3v) is 2.46. The summed E-state index contributed by atoms with van der Waals surface area (Å²) < 4.78 is 0. The third-order valence-electron chi connectivity index (χ3n) is 2.46. The second-order valence-electron chi connectivity index (χ2n) is 4.02. The Balaban J connectivity index is 3.26. The van der Waals surface area contributed by atoms with Crippen LogP contribution in [0.3, 0.4) is 0 Å². The molecule has 22 heavy (non-hydrogen) atoms. The van der Waals surface area contributed by atoms with Crippen molar-refractivity contribution in [2.45, 2.75) is 13.1 Å². The van der Waals surface area contributed by atoms with Crippen molar-refractivity contribution in [3.05, 3.63) is 61.9 Å². The van der Waals surface area contributed by atoms with Gasteiger partial charge in [-0.15, -0.1) is 0 Å². The lowest BCUT2D eigenvalue weighted by Gasteiger charge is -2.06. The highest BCUT2D eigenvalue weighted by atomic mass is 16.4. The van der Waals surface area contributed by atoms with E-state index in [0.29, 0.717) is 17.2 Å². The normalized spacial score (nSPS) is 10.3. The number of benzene rings is 1. The van der Waals surface area contributed by atoms with Crippen LogP contribution in [0.25, 0.3) is 26.6 Å². The molecule has 0 atom stereocenters. The van der Waals surface area contributed by atoms with Crippen LogP contribution in [-0.2, 0) is 22.7 Å². The Hall–Kier alpha value is -3.48. The number of rotatable bonds is 7. The first-order chi connectivity index (χ1) is 10.5. The largest absolute Gasteiger partial charge is 0.507 e. The molecule has 0 bridgehead atoms. The van der Waals surface area contributed by atoms with Gasteiger partial charge in [-0.1, -0.05) is 16.3 Å². The second kappa shape index (κ2) is 7.95. The van der Waals surface area contributed by atoms with Crippen molar-refractivity contribution in [3.63, 3.8) is 0 Å². The average molecular weight is 302 g/mol. The summed E-state index contributed by atoms with van der Waals surface area (Å²) in [6.07, 6.45) is 0.562. The maximum Gasteiger partial charge on any atom is 0.376 e. The van der Waals surface area contributed by atoms with Gasteiger partial charge < -0.3 is 10.2 Å². The van der Waals surface area contributed by atoms with Gasteiger partial charge in [0.25, 0.3) is 5.78 Å². The number of carboxylic acid groups (broad SMARTS) is 1. The fourth-order valence-corrected chi connectivity index (χ4v) is 1.59. The number of aliphatic hydroxyl groups is 1. The number of nitrogens with zero attached hydrogens (tertiary/aromatic N) is 6. The monoisotopic (exact) mass is 302 g/mol. The first-order valence-corrected chi connectivity index (χ1v) is 5.80. The molecule has 0 heterocycles. The minimum Gasteiger partial charge on any atom is -0.507 e. The van der Waals surface area contributed by atoms with Crippen molar-refractivity contribution >= 4 is 17.5 Å². The van der Waals surface area contributed by atoms with E-state index in [4.69, 9.17) is 16.2 Å². The fourth-order valence-electron chi connectivity index (χ4n) is 1.59. The number of carbonyl (C=O) groups excluding carboxylic acids is 1. The van der Waals surface area contributed by atoms with Gasteiger partial charge in [0, 0.05) is 21.5 Å². The highest BCUT2D eigenvalue weighted by Gasteiger charge is 2.11. The molecule has 112 valence electrons. The van der Waals surface area contributed by atoms with Crippen LogP contribution in [0.15, 0.2) is 34.5 Å². The summed E-state index contributed by atoms with van der Waals surface area (Å²) in [6.45, 7) is -0.0401. The van der Waals surface area contributed by atoms with Crippen molar-refractivity contribution in [3.8, 4) is 0 Å². The lowest BCUT2D eigenvalue weighted by Crippen LogP contribution is -2.09. The lowest BCUT2D eigenvalue weighted by atomic mass is 10.0. The van der Waals surface area contributed by atoms with Crippen LogP contribution in [0.4, 0.5) is 0 Å². The first kappa shape index (κ1) is 16.6. The molecule has 0 radical (unpaired) electrons. The van der Waals surface area contributed by atoms with E-state index in [2.05, 4.69) is 20.1 Å². The van der Waals surface area contributed by atoms with E-state index < -0.39 is 17.5 Å². The Morgan fingerprint density at radius 1 is 1.05 bits per heavy atom. The van der Waals surface area contributed by atoms with Gasteiger partial charge in [0.05, 0.1) is 13.1 Å². The summed E-state index contributed by atoms with van der Waals surface area (Å²) in [5.74, 6) is -3.54. The summed E-state index contributed by atoms with van der Waals surface area (Å²) in [5.41, 5.74) is 17.8. The Bertz CT molecular complexity index is 691. The summed E-state index contributed by atoms with van der Waals surface area (Å²) in [6, 6.07) is 4.45. The van der Waals surface area contributed by atoms with E-state index in [1.165, 1.54) is 12.1 Å². The molecule has 10 nitrogen and oxygen atoms in total. The molecule has 0 amide bonds. The SMILES string of the molecule is [N-]=[N+]=NCc1cc(CN=[N+]=[N-])cc(/C(O)=C/C(=O)C(=O)O)c1. The predicted molar refractivity (Wildman–Crippen MR) is 75.4 cm³/mol. The molecule has 0 saturated carbocycles. The summed E-state index contributed by atoms with van der Waals surface area (Å²) in [4.78, 5) is 26.7. The molecule has 1 rings (SSSR count). The number of aliphatic carboxylic acids is 1. The van der Waals surface area contributed by atoms with Crippen LogP contribution in [0.5, 0.6) is 0 Å². The Morgan fingerprint density at radius 3 is 1.95 bits per heavy atom. The Morgan fingerprint density at radius 2 is 1.55 bits per heavy atom. The topological polar surface area (TPSA) is 172 Å². The van der Waals surface area contributed by atoms with Crippen LogP contribution in [0, 0.1) is 0 Å². The lowest BCUT2D eigenvalue weighted by molar-refractivity contribution is -0.146. The number of aliphatic hydroxyl groups excluding tert-OH is 1. The molecule has 1 aromatic rings. The zero-order chi connectivity index (χ0) is 16.5. The molecule has 0 aliphatic heterocycles. The van der Waals surface area contributed by atoms with Gasteiger partial charge in [-0.25, -0.2) is 4.79 Å². The number of hydrogen-bond acceptors (Lipinski definition) is 5. The van der Waals surface area contributed by atoms with Crippen molar-refractivity contribution < 1.29 is 19.8 Å². The molecule has 0 aliphatic rings. The van der Waals surface area contributed by atoms with Crippen molar-refractivity contribution in [2.24, 2.45) is 10.2 Å². The van der Waals surface area contributed by atoms with Crippen LogP contribution >= 0.6 is 0 Å². The average Bonchev–Trinajstić information content (AvgIpc) is 2.50. The van der Waals surface area contributed by atoms with Crippen molar-refractivity contribution in [1.29, 1.82) is 0 Å². The van der Waals surface area contributed by atoms with Gasteiger partial charge in [0.2, 0.25) is 0 Å². The van der Waals surface area contributed by atoms with Gasteiger partial charge in [0.1, 0.15) is 5.76 Å². The molecule has 0 fully saturated rings. The molecule has 0 aliphatic carbocycles. The van der Waals surface area contributed by atoms with E-state index >= 15 is 0 Å². The van der Waals surface area contributed by atoms with Gasteiger partial charge in [0.15, 0.2) is 0 Å². The molecular formula is C12H10N6O4. The molecule has 0 aromatic heterocycles. The van der Waals surface area contributed by atoms with Crippen molar-refractivity contribution in [1.82, 2.24) is 0 Å². The van der Waals surface area contributed by atoms with Gasteiger partial charge in [-0.05, 0) is 34.3 Å². The van der Waals surface area contributed by atoms with Crippen LogP contribution in [0.1, 0.15) is 16.7 Å². The number of azide groups is 2. The van der Waals surface area contributed by atoms with E-state index in [-0.39, 0.29) is 18.7 Å². The molecule has 1 aromatic carbocycles. The zero-order valence-electron chi connectivity index (χ0n) is 11.1. The number of carboxylic acids is 1. The predicted octanol–water partition coefficient (Wildman–Crippen LogP) is 2.86. The third kappa shape index (κ3) is 4.89. The second-order valence-corrected chi connectivity index (χ2v) is 4.02. The minimum absolute atomic E-state index is 0.0201. The van der Waals surface area contributed by atoms with Gasteiger partial charge in [-0.3, -0.25) is 4.79 Å². The molecule has 10 heteroatoms. The fraction of sp³-hybridized carbons (Fsp3) is 0.167. The van der Waals surface area contributed by atoms with Gasteiger partial charge >= 0.3 is 5.97 Å². The summed E-state index contributed by atoms with van der Waals surface area (Å²) in [5, 5.41) is 25.0. The minimum atomic E-state index is -1.70. The Labute approximate surface area is 123 Å². The molecule has 2 N–H and O–H groups in total. The highest BCUT2D eigenvalue weighted by Crippen LogP contribution is 2.18. The standard InChI is InChI=1S/C12H10N6O4/c13-17-15-5-7-1-8(6-16-18-14)3-9(2-7)10(19)4-11(20)12(21)22/h1-4,19H,5-6H2,(H,21,22)/b10-4-. The summed E-state index contributed by atoms with van der Waals surface area (Å²) >= 11 is 0. The highest BCUT2D eigenvalue weighted by molar-refractivity contribution is 6.38. The molecule has 0 unspecified atom stereocenters. The maximum atomic E-state index is 11.1. The van der Waals surface area contributed by atoms with Gasteiger partial charge in [-0.2, -0.15) is 0 Å². The van der Waals surface area contributed by atoms with Crippen LogP contribution in [-0.4, -0.2) is 22.0 Å². The zero-order valence-corrected chi connectivity index (χ0v) is 11.1. The van der Waals surface area contributed by atoms with Crippen molar-refractivity contribution in [2.75, 3.05) is 0 Å². The maximum absolute atomic E-state index is 11.1. The van der Waals surface area contributed by atoms with E-state index in [9.17, 15) is 14.7 Å². The molecular weight excluding hydrogens is 292 g/mol. The number of hydrogen-bond donors (Lipinski definition) is 2. The Kier molecular flexibility index (Phi) is 5.99. The quantitative estimate of drug-likeness (QED) is 0.197. The van der Waals surface area contributed by atoms with E-state index in [1.54, 1.807) is 6.07 Å².